The number of rotatable bonds is 5. The standard InChI is InChI=1S/C13H15ClN4O/c1-15-8-12-16-6-7-18(12)9-13(19)17-11-5-3-2-4-10(11)14/h2-7,15H,8-9H2,1H3,(H,17,19). The molecular formula is C13H15ClN4O. The summed E-state index contributed by atoms with van der Waals surface area (Å²) in [7, 11) is 1.84. The first-order chi connectivity index (χ1) is 9.20. The van der Waals surface area contributed by atoms with E-state index in [0.29, 0.717) is 17.3 Å². The van der Waals surface area contributed by atoms with E-state index in [0.717, 1.165) is 5.82 Å². The molecule has 0 atom stereocenters. The fourth-order valence-electron chi connectivity index (χ4n) is 1.72. The summed E-state index contributed by atoms with van der Waals surface area (Å²) in [5, 5.41) is 6.31. The third-order valence-corrected chi connectivity index (χ3v) is 2.93. The Hall–Kier alpha value is -1.85. The van der Waals surface area contributed by atoms with Crippen LogP contribution in [-0.4, -0.2) is 22.5 Å². The lowest BCUT2D eigenvalue weighted by Gasteiger charge is -2.09. The van der Waals surface area contributed by atoms with E-state index in [2.05, 4.69) is 15.6 Å². The Morgan fingerprint density at radius 1 is 1.42 bits per heavy atom. The summed E-state index contributed by atoms with van der Waals surface area (Å²) in [4.78, 5) is 16.1. The summed E-state index contributed by atoms with van der Waals surface area (Å²) in [6, 6.07) is 7.15. The van der Waals surface area contributed by atoms with Crippen molar-refractivity contribution >= 4 is 23.2 Å². The maximum atomic E-state index is 11.9. The quantitative estimate of drug-likeness (QED) is 0.878. The number of benzene rings is 1. The molecule has 5 nitrogen and oxygen atoms in total. The van der Waals surface area contributed by atoms with Crippen LogP contribution in [0.1, 0.15) is 5.82 Å². The summed E-state index contributed by atoms with van der Waals surface area (Å²) < 4.78 is 1.79. The third-order valence-electron chi connectivity index (χ3n) is 2.60. The van der Waals surface area contributed by atoms with Crippen molar-refractivity contribution in [2.45, 2.75) is 13.1 Å². The van der Waals surface area contributed by atoms with E-state index in [1.54, 1.807) is 29.1 Å². The second kappa shape index (κ2) is 6.36. The van der Waals surface area contributed by atoms with Crippen molar-refractivity contribution in [2.75, 3.05) is 12.4 Å². The van der Waals surface area contributed by atoms with Crippen LogP contribution in [0.25, 0.3) is 0 Å². The minimum absolute atomic E-state index is 0.136. The predicted molar refractivity (Wildman–Crippen MR) is 75.1 cm³/mol. The van der Waals surface area contributed by atoms with Crippen molar-refractivity contribution in [3.05, 3.63) is 47.5 Å². The number of carbonyl (C=O) groups excluding carboxylic acids is 1. The number of hydrogen-bond donors (Lipinski definition) is 2. The second-order valence-electron chi connectivity index (χ2n) is 4.03. The molecule has 19 heavy (non-hydrogen) atoms. The zero-order chi connectivity index (χ0) is 13.7. The van der Waals surface area contributed by atoms with Gasteiger partial charge in [-0.3, -0.25) is 4.79 Å². The first-order valence-electron chi connectivity index (χ1n) is 5.89. The average molecular weight is 279 g/mol. The highest BCUT2D eigenvalue weighted by Gasteiger charge is 2.08. The van der Waals surface area contributed by atoms with Crippen LogP contribution in [0.3, 0.4) is 0 Å². The molecule has 0 bridgehead atoms. The highest BCUT2D eigenvalue weighted by Crippen LogP contribution is 2.20. The molecule has 100 valence electrons. The number of amides is 1. The van der Waals surface area contributed by atoms with Gasteiger partial charge in [0.1, 0.15) is 12.4 Å². The monoisotopic (exact) mass is 278 g/mol. The van der Waals surface area contributed by atoms with Gasteiger partial charge in [0.05, 0.1) is 17.3 Å². The molecule has 0 aliphatic carbocycles. The molecule has 0 unspecified atom stereocenters. The van der Waals surface area contributed by atoms with E-state index in [4.69, 9.17) is 11.6 Å². The van der Waals surface area contributed by atoms with Gasteiger partial charge >= 0.3 is 0 Å². The van der Waals surface area contributed by atoms with E-state index >= 15 is 0 Å². The number of nitrogens with zero attached hydrogens (tertiary/aromatic N) is 2. The Labute approximate surface area is 116 Å². The number of carbonyl (C=O) groups is 1. The number of nitrogens with one attached hydrogen (secondary N) is 2. The minimum atomic E-state index is -0.136. The van der Waals surface area contributed by atoms with Crippen LogP contribution in [0.5, 0.6) is 0 Å². The molecule has 0 saturated heterocycles. The molecule has 0 aliphatic rings. The Bertz CT molecular complexity index is 567. The van der Waals surface area contributed by atoms with Crippen LogP contribution in [0.4, 0.5) is 5.69 Å². The number of halogens is 1. The van der Waals surface area contributed by atoms with Crippen molar-refractivity contribution < 1.29 is 4.79 Å². The lowest BCUT2D eigenvalue weighted by Crippen LogP contribution is -2.21. The molecule has 1 aromatic carbocycles. The zero-order valence-electron chi connectivity index (χ0n) is 10.6. The molecule has 2 N–H and O–H groups in total. The number of imidazole rings is 1. The van der Waals surface area contributed by atoms with Crippen molar-refractivity contribution in [2.24, 2.45) is 0 Å². The van der Waals surface area contributed by atoms with Gasteiger partial charge in [0.25, 0.3) is 0 Å². The lowest BCUT2D eigenvalue weighted by molar-refractivity contribution is -0.116. The molecule has 0 radical (unpaired) electrons. The second-order valence-corrected chi connectivity index (χ2v) is 4.44. The molecule has 0 spiro atoms. The number of aromatic nitrogens is 2. The number of para-hydroxylation sites is 1. The van der Waals surface area contributed by atoms with E-state index in [1.807, 2.05) is 19.2 Å². The van der Waals surface area contributed by atoms with Gasteiger partial charge in [-0.15, -0.1) is 0 Å². The SMILES string of the molecule is CNCc1nccn1CC(=O)Nc1ccccc1Cl. The average Bonchev–Trinajstić information content (AvgIpc) is 2.80. The smallest absolute Gasteiger partial charge is 0.244 e. The van der Waals surface area contributed by atoms with Crippen LogP contribution in [0, 0.1) is 0 Å². The van der Waals surface area contributed by atoms with Crippen LogP contribution < -0.4 is 10.6 Å². The molecule has 0 aliphatic heterocycles. The van der Waals surface area contributed by atoms with Gasteiger partial charge in [-0.1, -0.05) is 23.7 Å². The molecule has 1 aromatic heterocycles. The van der Waals surface area contributed by atoms with Crippen LogP contribution >= 0.6 is 11.6 Å². The third kappa shape index (κ3) is 3.56. The normalized spacial score (nSPS) is 10.4. The van der Waals surface area contributed by atoms with E-state index in [1.165, 1.54) is 0 Å². The first-order valence-corrected chi connectivity index (χ1v) is 6.27. The molecule has 1 heterocycles. The summed E-state index contributed by atoms with van der Waals surface area (Å²) >= 11 is 5.99. The number of hydrogen-bond acceptors (Lipinski definition) is 3. The van der Waals surface area contributed by atoms with Crippen molar-refractivity contribution in [3.63, 3.8) is 0 Å². The summed E-state index contributed by atoms with van der Waals surface area (Å²) in [5.41, 5.74) is 0.615. The molecule has 6 heteroatoms. The topological polar surface area (TPSA) is 59.0 Å². The maximum Gasteiger partial charge on any atom is 0.244 e. The van der Waals surface area contributed by atoms with Gasteiger partial charge in [0.2, 0.25) is 5.91 Å². The summed E-state index contributed by atoms with van der Waals surface area (Å²) in [5.74, 6) is 0.681. The van der Waals surface area contributed by atoms with Gasteiger partial charge < -0.3 is 15.2 Å². The first kappa shape index (κ1) is 13.6. The van der Waals surface area contributed by atoms with Gasteiger partial charge in [-0.05, 0) is 19.2 Å². The van der Waals surface area contributed by atoms with Gasteiger partial charge in [0, 0.05) is 12.4 Å². The highest BCUT2D eigenvalue weighted by atomic mass is 35.5. The Morgan fingerprint density at radius 3 is 2.95 bits per heavy atom. The molecule has 2 rings (SSSR count). The Balaban J connectivity index is 2.02. The van der Waals surface area contributed by atoms with E-state index in [9.17, 15) is 4.79 Å². The van der Waals surface area contributed by atoms with Crippen LogP contribution in [0.15, 0.2) is 36.7 Å². The molecule has 1 amide bonds. The van der Waals surface area contributed by atoms with Gasteiger partial charge in [0.15, 0.2) is 0 Å². The largest absolute Gasteiger partial charge is 0.324 e. The fourth-order valence-corrected chi connectivity index (χ4v) is 1.90. The van der Waals surface area contributed by atoms with Crippen molar-refractivity contribution in [1.82, 2.24) is 14.9 Å². The molecule has 0 fully saturated rings. The Morgan fingerprint density at radius 2 is 2.21 bits per heavy atom. The highest BCUT2D eigenvalue weighted by molar-refractivity contribution is 6.33. The van der Waals surface area contributed by atoms with E-state index < -0.39 is 0 Å². The van der Waals surface area contributed by atoms with Crippen molar-refractivity contribution in [3.8, 4) is 0 Å². The summed E-state index contributed by atoms with van der Waals surface area (Å²) in [6.45, 7) is 0.828. The van der Waals surface area contributed by atoms with Gasteiger partial charge in [-0.2, -0.15) is 0 Å². The zero-order valence-corrected chi connectivity index (χ0v) is 11.3. The van der Waals surface area contributed by atoms with Crippen molar-refractivity contribution in [1.29, 1.82) is 0 Å². The predicted octanol–water partition coefficient (Wildman–Crippen LogP) is 1.89. The number of anilines is 1. The Kier molecular flexibility index (Phi) is 4.54. The summed E-state index contributed by atoms with van der Waals surface area (Å²) in [6.07, 6.45) is 3.45. The molecular weight excluding hydrogens is 264 g/mol. The van der Waals surface area contributed by atoms with Gasteiger partial charge in [-0.25, -0.2) is 4.98 Å². The maximum absolute atomic E-state index is 11.9. The molecule has 2 aromatic rings. The lowest BCUT2D eigenvalue weighted by atomic mass is 10.3. The molecule has 0 saturated carbocycles. The van der Waals surface area contributed by atoms with Crippen LogP contribution in [-0.2, 0) is 17.9 Å². The van der Waals surface area contributed by atoms with E-state index in [-0.39, 0.29) is 12.5 Å². The van der Waals surface area contributed by atoms with Crippen LogP contribution in [0.2, 0.25) is 5.02 Å². The fraction of sp³-hybridized carbons (Fsp3) is 0.231. The minimum Gasteiger partial charge on any atom is -0.324 e.